The lowest BCUT2D eigenvalue weighted by molar-refractivity contribution is -0.241. The second-order valence-electron chi connectivity index (χ2n) is 9.61. The SMILES string of the molecule is CC(=O)c1c(O)cc(OC2OCC(O)C(O)C2O)c(-c2c(C)cc(O)c3c2C(=O)c2cccc(O)c2C3=O)c1O. The average Bonchev–Trinajstić information content (AvgIpc) is 2.87. The minimum atomic E-state index is -1.79. The van der Waals surface area contributed by atoms with Gasteiger partial charge in [0.25, 0.3) is 0 Å². The number of ketones is 3. The maximum absolute atomic E-state index is 13.8. The highest BCUT2D eigenvalue weighted by molar-refractivity contribution is 6.32. The molecule has 3 aromatic carbocycles. The Morgan fingerprint density at radius 1 is 0.850 bits per heavy atom. The third-order valence-electron chi connectivity index (χ3n) is 7.02. The van der Waals surface area contributed by atoms with E-state index in [1.165, 1.54) is 25.1 Å². The molecule has 3 aromatic rings. The molecule has 1 saturated heterocycles. The number of aryl methyl sites for hydroxylation is 1. The van der Waals surface area contributed by atoms with Crippen LogP contribution in [0.4, 0.5) is 0 Å². The van der Waals surface area contributed by atoms with Gasteiger partial charge in [-0.05, 0) is 31.5 Å². The zero-order chi connectivity index (χ0) is 29.2. The lowest BCUT2D eigenvalue weighted by Crippen LogP contribution is -2.54. The summed E-state index contributed by atoms with van der Waals surface area (Å²) in [6.07, 6.45) is -6.53. The molecule has 0 saturated carbocycles. The largest absolute Gasteiger partial charge is 0.507 e. The van der Waals surface area contributed by atoms with E-state index in [1.807, 2.05) is 0 Å². The van der Waals surface area contributed by atoms with E-state index in [0.717, 1.165) is 19.1 Å². The first-order valence-corrected chi connectivity index (χ1v) is 12.1. The van der Waals surface area contributed by atoms with Crippen molar-refractivity contribution in [2.24, 2.45) is 0 Å². The maximum atomic E-state index is 13.8. The normalized spacial score (nSPS) is 22.0. The number of phenolic OH excluding ortho intramolecular Hbond substituents is 4. The summed E-state index contributed by atoms with van der Waals surface area (Å²) in [5.41, 5.74) is -2.28. The molecule has 0 spiro atoms. The Morgan fingerprint density at radius 3 is 2.23 bits per heavy atom. The fraction of sp³-hybridized carbons (Fsp3) is 0.250. The van der Waals surface area contributed by atoms with E-state index in [9.17, 15) is 50.1 Å². The molecule has 1 aliphatic heterocycles. The summed E-state index contributed by atoms with van der Waals surface area (Å²) >= 11 is 0. The Morgan fingerprint density at radius 2 is 1.55 bits per heavy atom. The van der Waals surface area contributed by atoms with Gasteiger partial charge < -0.3 is 45.2 Å². The first kappa shape index (κ1) is 27.1. The predicted molar refractivity (Wildman–Crippen MR) is 135 cm³/mol. The monoisotopic (exact) mass is 552 g/mol. The summed E-state index contributed by atoms with van der Waals surface area (Å²) < 4.78 is 11.0. The van der Waals surface area contributed by atoms with Crippen LogP contribution < -0.4 is 4.74 Å². The molecule has 7 N–H and O–H groups in total. The van der Waals surface area contributed by atoms with Crippen LogP contribution in [0.25, 0.3) is 11.1 Å². The fourth-order valence-corrected chi connectivity index (χ4v) is 5.13. The molecule has 2 aliphatic rings. The number of fused-ring (bicyclic) bond motifs is 2. The number of ether oxygens (including phenoxy) is 2. The van der Waals surface area contributed by atoms with Crippen molar-refractivity contribution in [2.45, 2.75) is 38.4 Å². The number of hydrogen-bond acceptors (Lipinski definition) is 12. The van der Waals surface area contributed by atoms with Gasteiger partial charge in [-0.3, -0.25) is 14.4 Å². The summed E-state index contributed by atoms with van der Waals surface area (Å²) in [6.45, 7) is 2.07. The second-order valence-corrected chi connectivity index (χ2v) is 9.61. The lowest BCUT2D eigenvalue weighted by Gasteiger charge is -2.35. The van der Waals surface area contributed by atoms with Crippen LogP contribution in [0.15, 0.2) is 30.3 Å². The van der Waals surface area contributed by atoms with E-state index in [-0.39, 0.29) is 33.4 Å². The number of hydrogen-bond donors (Lipinski definition) is 7. The molecule has 0 amide bonds. The van der Waals surface area contributed by atoms with E-state index < -0.39 is 88.4 Å². The van der Waals surface area contributed by atoms with E-state index in [2.05, 4.69) is 0 Å². The molecule has 0 bridgehead atoms. The summed E-state index contributed by atoms with van der Waals surface area (Å²) in [6, 6.07) is 5.92. The zero-order valence-corrected chi connectivity index (χ0v) is 21.1. The number of benzene rings is 3. The average molecular weight is 552 g/mol. The van der Waals surface area contributed by atoms with Crippen molar-refractivity contribution >= 4 is 17.3 Å². The van der Waals surface area contributed by atoms with Crippen LogP contribution in [0.2, 0.25) is 0 Å². The minimum Gasteiger partial charge on any atom is -0.507 e. The van der Waals surface area contributed by atoms with Crippen molar-refractivity contribution in [3.05, 3.63) is 63.7 Å². The third-order valence-corrected chi connectivity index (χ3v) is 7.02. The van der Waals surface area contributed by atoms with Gasteiger partial charge in [0.1, 0.15) is 52.6 Å². The molecule has 0 radical (unpaired) electrons. The number of Topliss-reactive ketones (excluding diaryl/α,β-unsaturated/α-hetero) is 1. The van der Waals surface area contributed by atoms with Gasteiger partial charge in [-0.1, -0.05) is 12.1 Å². The molecular weight excluding hydrogens is 528 g/mol. The fourth-order valence-electron chi connectivity index (χ4n) is 5.13. The molecule has 12 heteroatoms. The van der Waals surface area contributed by atoms with Gasteiger partial charge in [0.15, 0.2) is 11.6 Å². The van der Waals surface area contributed by atoms with Crippen LogP contribution in [0.1, 0.15) is 54.7 Å². The van der Waals surface area contributed by atoms with Crippen molar-refractivity contribution < 1.29 is 59.6 Å². The molecule has 0 aromatic heterocycles. The van der Waals surface area contributed by atoms with Crippen molar-refractivity contribution in [3.63, 3.8) is 0 Å². The highest BCUT2D eigenvalue weighted by Gasteiger charge is 2.42. The number of carbonyl (C=O) groups is 3. The molecule has 12 nitrogen and oxygen atoms in total. The van der Waals surface area contributed by atoms with E-state index >= 15 is 0 Å². The summed E-state index contributed by atoms with van der Waals surface area (Å²) in [5, 5.41) is 73.2. The third kappa shape index (κ3) is 3.97. The van der Waals surface area contributed by atoms with Gasteiger partial charge in [-0.25, -0.2) is 0 Å². The number of aliphatic hydroxyl groups is 3. The van der Waals surface area contributed by atoms with E-state index in [4.69, 9.17) is 9.47 Å². The lowest BCUT2D eigenvalue weighted by atomic mass is 9.77. The molecule has 5 rings (SSSR count). The van der Waals surface area contributed by atoms with Crippen molar-refractivity contribution in [2.75, 3.05) is 6.61 Å². The number of phenols is 4. The van der Waals surface area contributed by atoms with Gasteiger partial charge in [0.05, 0.1) is 23.3 Å². The molecule has 4 unspecified atom stereocenters. The molecule has 4 atom stereocenters. The molecular formula is C28H24O12. The van der Waals surface area contributed by atoms with Crippen LogP contribution in [0, 0.1) is 6.92 Å². The van der Waals surface area contributed by atoms with Gasteiger partial charge in [-0.2, -0.15) is 0 Å². The maximum Gasteiger partial charge on any atom is 0.228 e. The van der Waals surface area contributed by atoms with Crippen molar-refractivity contribution in [3.8, 4) is 39.9 Å². The minimum absolute atomic E-state index is 0.141. The number of aliphatic hydroxyl groups excluding tert-OH is 3. The van der Waals surface area contributed by atoms with Crippen LogP contribution in [-0.4, -0.2) is 84.3 Å². The Kier molecular flexibility index (Phi) is 6.51. The first-order valence-electron chi connectivity index (χ1n) is 12.1. The van der Waals surface area contributed by atoms with Gasteiger partial charge >= 0.3 is 0 Å². The highest BCUT2D eigenvalue weighted by atomic mass is 16.7. The standard InChI is InChI=1S/C28H24O12/c1-9-6-13(31)20-22(23(34)11-4-3-5-12(30)19(11)26(20)37)17(9)21-16(7-14(32)18(10(2)29)25(21)36)40-28-27(38)24(35)15(33)8-39-28/h3-7,15,24,27-28,30-33,35-36,38H,8H2,1-2H3. The van der Waals surface area contributed by atoms with E-state index in [0.29, 0.717) is 0 Å². The van der Waals surface area contributed by atoms with Crippen LogP contribution in [0.5, 0.6) is 28.7 Å². The van der Waals surface area contributed by atoms with Gasteiger partial charge in [0, 0.05) is 22.8 Å². The Bertz CT molecular complexity index is 1610. The Hall–Kier alpha value is -4.49. The smallest absolute Gasteiger partial charge is 0.228 e. The first-order chi connectivity index (χ1) is 18.8. The zero-order valence-electron chi connectivity index (χ0n) is 21.1. The molecule has 40 heavy (non-hydrogen) atoms. The van der Waals surface area contributed by atoms with E-state index in [1.54, 1.807) is 0 Å². The molecule has 1 fully saturated rings. The van der Waals surface area contributed by atoms with Crippen molar-refractivity contribution in [1.29, 1.82) is 0 Å². The Labute approximate surface area is 225 Å². The van der Waals surface area contributed by atoms with Crippen LogP contribution in [-0.2, 0) is 4.74 Å². The second kappa shape index (κ2) is 9.61. The summed E-state index contributed by atoms with van der Waals surface area (Å²) in [4.78, 5) is 39.6. The highest BCUT2D eigenvalue weighted by Crippen LogP contribution is 2.51. The van der Waals surface area contributed by atoms with Gasteiger partial charge in [-0.15, -0.1) is 0 Å². The quantitative estimate of drug-likeness (QED) is 0.179. The number of rotatable bonds is 4. The summed E-state index contributed by atoms with van der Waals surface area (Å²) in [5.74, 6) is -5.50. The number of carbonyl (C=O) groups excluding carboxylic acids is 3. The molecule has 208 valence electrons. The van der Waals surface area contributed by atoms with Crippen LogP contribution in [0.3, 0.4) is 0 Å². The molecule has 1 aliphatic carbocycles. The summed E-state index contributed by atoms with van der Waals surface area (Å²) in [7, 11) is 0. The topological polar surface area (TPSA) is 211 Å². The van der Waals surface area contributed by atoms with Gasteiger partial charge in [0.2, 0.25) is 12.1 Å². The van der Waals surface area contributed by atoms with Crippen LogP contribution >= 0.6 is 0 Å². The Balaban J connectivity index is 1.81. The molecule has 1 heterocycles. The number of aromatic hydroxyl groups is 4. The van der Waals surface area contributed by atoms with Crippen molar-refractivity contribution in [1.82, 2.24) is 0 Å². The predicted octanol–water partition coefficient (Wildman–Crippen LogP) is 1.28.